The molecular formula is C20H30N6O. The van der Waals surface area contributed by atoms with Gasteiger partial charge in [0.2, 0.25) is 5.91 Å². The van der Waals surface area contributed by atoms with Crippen LogP contribution in [0.15, 0.2) is 41.5 Å². The number of likely N-dealkylation sites (N-methyl/N-ethyl adjacent to an activating group) is 1. The number of rotatable bonds is 8. The van der Waals surface area contributed by atoms with Crippen molar-refractivity contribution in [2.24, 2.45) is 4.99 Å². The van der Waals surface area contributed by atoms with Crippen LogP contribution in [-0.2, 0) is 11.3 Å². The van der Waals surface area contributed by atoms with Gasteiger partial charge in [-0.2, -0.15) is 5.10 Å². The van der Waals surface area contributed by atoms with Crippen molar-refractivity contribution in [3.63, 3.8) is 0 Å². The van der Waals surface area contributed by atoms with Crippen molar-refractivity contribution in [2.45, 2.75) is 33.2 Å². The molecule has 27 heavy (non-hydrogen) atoms. The second kappa shape index (κ2) is 10.4. The van der Waals surface area contributed by atoms with Gasteiger partial charge in [0.15, 0.2) is 5.96 Å². The lowest BCUT2D eigenvalue weighted by molar-refractivity contribution is -0.127. The minimum absolute atomic E-state index is 0.00686. The largest absolute Gasteiger partial charge is 0.356 e. The van der Waals surface area contributed by atoms with Gasteiger partial charge in [0, 0.05) is 26.8 Å². The predicted octanol–water partition coefficient (Wildman–Crippen LogP) is 2.10. The highest BCUT2D eigenvalue weighted by atomic mass is 16.2. The number of guanidine groups is 1. The number of aryl methyl sites for hydroxylation is 1. The molecule has 0 bridgehead atoms. The highest BCUT2D eigenvalue weighted by Gasteiger charge is 2.08. The summed E-state index contributed by atoms with van der Waals surface area (Å²) >= 11 is 0. The third-order valence-electron chi connectivity index (χ3n) is 4.10. The normalized spacial score (nSPS) is 11.3. The van der Waals surface area contributed by atoms with Crippen molar-refractivity contribution in [3.05, 3.63) is 47.8 Å². The predicted molar refractivity (Wildman–Crippen MR) is 109 cm³/mol. The van der Waals surface area contributed by atoms with Gasteiger partial charge in [-0.25, -0.2) is 9.67 Å². The van der Waals surface area contributed by atoms with Crippen molar-refractivity contribution in [1.29, 1.82) is 0 Å². The first-order valence-corrected chi connectivity index (χ1v) is 9.34. The molecule has 1 aromatic heterocycles. The zero-order valence-corrected chi connectivity index (χ0v) is 16.7. The Kier molecular flexibility index (Phi) is 7.85. The van der Waals surface area contributed by atoms with E-state index in [1.165, 1.54) is 0 Å². The van der Waals surface area contributed by atoms with Crippen molar-refractivity contribution in [3.8, 4) is 5.69 Å². The Bertz CT molecular complexity index is 765. The molecule has 2 aromatic rings. The Morgan fingerprint density at radius 2 is 2.00 bits per heavy atom. The van der Waals surface area contributed by atoms with Gasteiger partial charge in [-0.15, -0.1) is 0 Å². The van der Waals surface area contributed by atoms with E-state index in [0.717, 1.165) is 36.3 Å². The molecule has 0 aliphatic rings. The number of carbonyl (C=O) groups is 1. The zero-order valence-electron chi connectivity index (χ0n) is 16.7. The summed E-state index contributed by atoms with van der Waals surface area (Å²) in [6, 6.07) is 10.0. The first kappa shape index (κ1) is 20.5. The van der Waals surface area contributed by atoms with Crippen LogP contribution in [0, 0.1) is 6.92 Å². The first-order chi connectivity index (χ1) is 13.0. The Morgan fingerprint density at radius 1 is 1.22 bits per heavy atom. The van der Waals surface area contributed by atoms with Crippen LogP contribution in [0.2, 0.25) is 0 Å². The molecule has 1 heterocycles. The summed E-state index contributed by atoms with van der Waals surface area (Å²) in [6.45, 7) is 5.64. The number of hydrogen-bond donors (Lipinski definition) is 2. The number of nitrogens with one attached hydrogen (secondary N) is 2. The number of para-hydroxylation sites is 1. The van der Waals surface area contributed by atoms with E-state index in [1.54, 1.807) is 19.0 Å². The molecule has 7 nitrogen and oxygen atoms in total. The molecule has 0 aliphatic carbocycles. The molecule has 0 unspecified atom stereocenters. The summed E-state index contributed by atoms with van der Waals surface area (Å²) in [6.07, 6.45) is 4.09. The zero-order chi connectivity index (χ0) is 19.6. The lowest BCUT2D eigenvalue weighted by atomic mass is 10.2. The maximum absolute atomic E-state index is 11.9. The van der Waals surface area contributed by atoms with E-state index in [1.807, 2.05) is 48.1 Å². The number of hydrogen-bond acceptors (Lipinski definition) is 3. The lowest BCUT2D eigenvalue weighted by Gasteiger charge is -2.15. The Labute approximate surface area is 161 Å². The summed E-state index contributed by atoms with van der Waals surface area (Å²) in [7, 11) is 3.49. The van der Waals surface area contributed by atoms with Crippen LogP contribution in [0.1, 0.15) is 31.0 Å². The minimum atomic E-state index is 0.00686. The van der Waals surface area contributed by atoms with Gasteiger partial charge in [0.1, 0.15) is 0 Å². The van der Waals surface area contributed by atoms with E-state index in [-0.39, 0.29) is 12.5 Å². The molecule has 0 radical (unpaired) electrons. The molecule has 0 aliphatic heterocycles. The van der Waals surface area contributed by atoms with Crippen LogP contribution < -0.4 is 10.6 Å². The van der Waals surface area contributed by atoms with Crippen molar-refractivity contribution >= 4 is 11.9 Å². The molecule has 146 valence electrons. The van der Waals surface area contributed by atoms with Crippen LogP contribution in [0.4, 0.5) is 0 Å². The molecule has 0 atom stereocenters. The van der Waals surface area contributed by atoms with E-state index in [2.05, 4.69) is 27.6 Å². The number of aromatic nitrogens is 2. The van der Waals surface area contributed by atoms with Crippen LogP contribution >= 0.6 is 0 Å². The number of amides is 1. The van der Waals surface area contributed by atoms with Crippen molar-refractivity contribution in [1.82, 2.24) is 25.3 Å². The van der Waals surface area contributed by atoms with E-state index in [0.29, 0.717) is 12.5 Å². The van der Waals surface area contributed by atoms with Crippen LogP contribution in [-0.4, -0.2) is 53.7 Å². The topological polar surface area (TPSA) is 74.5 Å². The molecule has 7 heteroatoms. The second-order valence-electron chi connectivity index (χ2n) is 6.62. The standard InChI is InChI=1S/C20H30N6O/c1-5-6-12-21-20(23-15-19(27)25(3)4)22-14-17-9-7-8-10-18(17)26-13-11-16(2)24-26/h7-11,13H,5-6,12,14-15H2,1-4H3,(H2,21,22,23). The maximum atomic E-state index is 11.9. The number of unbranched alkanes of at least 4 members (excludes halogenated alkanes) is 1. The van der Waals surface area contributed by atoms with E-state index in [9.17, 15) is 4.79 Å². The molecular weight excluding hydrogens is 340 g/mol. The van der Waals surface area contributed by atoms with Gasteiger partial charge < -0.3 is 15.5 Å². The SMILES string of the molecule is CCCCNC(=NCc1ccccc1-n1ccc(C)n1)NCC(=O)N(C)C. The van der Waals surface area contributed by atoms with Gasteiger partial charge in [0.05, 0.1) is 24.5 Å². The average Bonchev–Trinajstić information content (AvgIpc) is 3.09. The highest BCUT2D eigenvalue weighted by molar-refractivity contribution is 5.86. The Hall–Kier alpha value is -2.83. The molecule has 2 N–H and O–H groups in total. The monoisotopic (exact) mass is 370 g/mol. The molecule has 1 aromatic carbocycles. The Morgan fingerprint density at radius 3 is 2.67 bits per heavy atom. The van der Waals surface area contributed by atoms with E-state index < -0.39 is 0 Å². The molecule has 2 rings (SSSR count). The number of benzene rings is 1. The highest BCUT2D eigenvalue weighted by Crippen LogP contribution is 2.15. The number of nitrogens with zero attached hydrogens (tertiary/aromatic N) is 4. The third-order valence-corrected chi connectivity index (χ3v) is 4.10. The van der Waals surface area contributed by atoms with Crippen LogP contribution in [0.3, 0.4) is 0 Å². The van der Waals surface area contributed by atoms with Crippen molar-refractivity contribution < 1.29 is 4.79 Å². The van der Waals surface area contributed by atoms with Crippen LogP contribution in [0.25, 0.3) is 5.69 Å². The van der Waals surface area contributed by atoms with Gasteiger partial charge in [-0.05, 0) is 31.0 Å². The molecule has 1 amide bonds. The molecule has 0 saturated carbocycles. The summed E-state index contributed by atoms with van der Waals surface area (Å²) in [4.78, 5) is 18.1. The average molecular weight is 371 g/mol. The van der Waals surface area contributed by atoms with Crippen molar-refractivity contribution in [2.75, 3.05) is 27.2 Å². The first-order valence-electron chi connectivity index (χ1n) is 9.34. The van der Waals surface area contributed by atoms with E-state index >= 15 is 0 Å². The fourth-order valence-corrected chi connectivity index (χ4v) is 2.46. The summed E-state index contributed by atoms with van der Waals surface area (Å²) < 4.78 is 1.87. The smallest absolute Gasteiger partial charge is 0.241 e. The quantitative estimate of drug-likeness (QED) is 0.424. The number of aliphatic imine (C=N–C) groups is 1. The van der Waals surface area contributed by atoms with E-state index in [4.69, 9.17) is 0 Å². The molecule has 0 saturated heterocycles. The molecule has 0 spiro atoms. The van der Waals surface area contributed by atoms with Crippen LogP contribution in [0.5, 0.6) is 0 Å². The maximum Gasteiger partial charge on any atom is 0.241 e. The second-order valence-corrected chi connectivity index (χ2v) is 6.62. The van der Waals surface area contributed by atoms with Gasteiger partial charge in [-0.1, -0.05) is 31.5 Å². The molecule has 0 fully saturated rings. The fourth-order valence-electron chi connectivity index (χ4n) is 2.46. The van der Waals surface area contributed by atoms with Gasteiger partial charge in [-0.3, -0.25) is 4.79 Å². The summed E-state index contributed by atoms with van der Waals surface area (Å²) in [5, 5.41) is 10.9. The summed E-state index contributed by atoms with van der Waals surface area (Å²) in [5.74, 6) is 0.650. The summed E-state index contributed by atoms with van der Waals surface area (Å²) in [5.41, 5.74) is 3.04. The lowest BCUT2D eigenvalue weighted by Crippen LogP contribution is -2.43. The third kappa shape index (κ3) is 6.44. The Balaban J connectivity index is 2.13. The minimum Gasteiger partial charge on any atom is -0.356 e. The van der Waals surface area contributed by atoms with Gasteiger partial charge in [0.25, 0.3) is 0 Å². The fraction of sp³-hybridized carbons (Fsp3) is 0.450. The number of carbonyl (C=O) groups excluding carboxylic acids is 1. The van der Waals surface area contributed by atoms with Gasteiger partial charge >= 0.3 is 0 Å².